The van der Waals surface area contributed by atoms with Gasteiger partial charge >= 0.3 is 0 Å². The van der Waals surface area contributed by atoms with Crippen molar-refractivity contribution < 1.29 is 0 Å². The Morgan fingerprint density at radius 3 is 3.00 bits per heavy atom. The molecule has 5 heteroatoms. The largest absolute Gasteiger partial charge is 0.364 e. The molecule has 2 aromatic heterocycles. The SMILES string of the molecule is Cc1cc(NCc2ccccn2)nc([C@@H]2CCCN(C)C2)n1. The van der Waals surface area contributed by atoms with E-state index in [1.165, 1.54) is 19.4 Å². The second-order valence-electron chi connectivity index (χ2n) is 6.03. The van der Waals surface area contributed by atoms with Crippen molar-refractivity contribution in [1.82, 2.24) is 19.9 Å². The number of aromatic nitrogens is 3. The van der Waals surface area contributed by atoms with E-state index in [0.29, 0.717) is 12.5 Å². The number of hydrogen-bond donors (Lipinski definition) is 1. The Morgan fingerprint density at radius 2 is 2.23 bits per heavy atom. The summed E-state index contributed by atoms with van der Waals surface area (Å²) in [5, 5.41) is 3.37. The van der Waals surface area contributed by atoms with Crippen LogP contribution in [0.2, 0.25) is 0 Å². The number of hydrogen-bond acceptors (Lipinski definition) is 5. The first-order valence-corrected chi connectivity index (χ1v) is 7.88. The van der Waals surface area contributed by atoms with Crippen LogP contribution in [0.4, 0.5) is 5.82 Å². The van der Waals surface area contributed by atoms with E-state index in [1.54, 1.807) is 0 Å². The van der Waals surface area contributed by atoms with Crippen molar-refractivity contribution in [2.75, 3.05) is 25.5 Å². The molecule has 1 aliphatic rings. The molecule has 0 saturated carbocycles. The summed E-state index contributed by atoms with van der Waals surface area (Å²) in [6.07, 6.45) is 4.20. The number of likely N-dealkylation sites (tertiary alicyclic amines) is 1. The molecule has 1 saturated heterocycles. The zero-order chi connectivity index (χ0) is 15.4. The third-order valence-electron chi connectivity index (χ3n) is 4.04. The first-order valence-electron chi connectivity index (χ1n) is 7.88. The molecule has 1 N–H and O–H groups in total. The number of likely N-dealkylation sites (N-methyl/N-ethyl adjacent to an activating group) is 1. The number of anilines is 1. The number of nitrogens with one attached hydrogen (secondary N) is 1. The fraction of sp³-hybridized carbons (Fsp3) is 0.471. The topological polar surface area (TPSA) is 53.9 Å². The second kappa shape index (κ2) is 6.83. The van der Waals surface area contributed by atoms with Crippen LogP contribution in [0.15, 0.2) is 30.5 Å². The summed E-state index contributed by atoms with van der Waals surface area (Å²) in [5.41, 5.74) is 2.03. The molecule has 0 aliphatic carbocycles. The van der Waals surface area contributed by atoms with Gasteiger partial charge in [-0.25, -0.2) is 9.97 Å². The van der Waals surface area contributed by atoms with Gasteiger partial charge in [0.1, 0.15) is 11.6 Å². The van der Waals surface area contributed by atoms with Crippen LogP contribution in [0, 0.1) is 6.92 Å². The van der Waals surface area contributed by atoms with Crippen LogP contribution in [-0.4, -0.2) is 40.0 Å². The first kappa shape index (κ1) is 14.9. The highest BCUT2D eigenvalue weighted by atomic mass is 15.1. The average Bonchev–Trinajstić information content (AvgIpc) is 2.53. The van der Waals surface area contributed by atoms with Gasteiger partial charge in [0.05, 0.1) is 12.2 Å². The Morgan fingerprint density at radius 1 is 1.32 bits per heavy atom. The Balaban J connectivity index is 1.72. The summed E-state index contributed by atoms with van der Waals surface area (Å²) in [7, 11) is 2.17. The number of nitrogens with zero attached hydrogens (tertiary/aromatic N) is 4. The lowest BCUT2D eigenvalue weighted by molar-refractivity contribution is 0.246. The van der Waals surface area contributed by atoms with Crippen molar-refractivity contribution in [3.8, 4) is 0 Å². The summed E-state index contributed by atoms with van der Waals surface area (Å²) in [6, 6.07) is 7.94. The summed E-state index contributed by atoms with van der Waals surface area (Å²) in [5.74, 6) is 2.30. The van der Waals surface area contributed by atoms with Gasteiger partial charge in [0.25, 0.3) is 0 Å². The molecular formula is C17H23N5. The van der Waals surface area contributed by atoms with E-state index in [9.17, 15) is 0 Å². The maximum atomic E-state index is 4.73. The number of piperidine rings is 1. The predicted molar refractivity (Wildman–Crippen MR) is 87.8 cm³/mol. The highest BCUT2D eigenvalue weighted by Crippen LogP contribution is 2.24. The number of rotatable bonds is 4. The fourth-order valence-electron chi connectivity index (χ4n) is 2.93. The quantitative estimate of drug-likeness (QED) is 0.940. The lowest BCUT2D eigenvalue weighted by atomic mass is 9.97. The molecule has 1 fully saturated rings. The van der Waals surface area contributed by atoms with E-state index in [4.69, 9.17) is 4.98 Å². The molecule has 0 radical (unpaired) electrons. The Bertz CT molecular complexity index is 614. The minimum Gasteiger partial charge on any atom is -0.364 e. The molecule has 22 heavy (non-hydrogen) atoms. The summed E-state index contributed by atoms with van der Waals surface area (Å²) in [6.45, 7) is 4.93. The van der Waals surface area contributed by atoms with E-state index in [1.807, 2.05) is 37.4 Å². The van der Waals surface area contributed by atoms with E-state index >= 15 is 0 Å². The van der Waals surface area contributed by atoms with Gasteiger partial charge in [-0.3, -0.25) is 4.98 Å². The van der Waals surface area contributed by atoms with Crippen molar-refractivity contribution in [2.24, 2.45) is 0 Å². The van der Waals surface area contributed by atoms with Crippen LogP contribution in [0.1, 0.15) is 36.0 Å². The van der Waals surface area contributed by atoms with Gasteiger partial charge < -0.3 is 10.2 Å². The third kappa shape index (κ3) is 3.80. The number of aryl methyl sites for hydroxylation is 1. The van der Waals surface area contributed by atoms with Crippen LogP contribution < -0.4 is 5.32 Å². The van der Waals surface area contributed by atoms with E-state index in [0.717, 1.165) is 29.6 Å². The van der Waals surface area contributed by atoms with Gasteiger partial charge in [-0.1, -0.05) is 6.07 Å². The van der Waals surface area contributed by atoms with Crippen molar-refractivity contribution in [3.63, 3.8) is 0 Å². The van der Waals surface area contributed by atoms with Gasteiger partial charge in [-0.15, -0.1) is 0 Å². The number of pyridine rings is 1. The smallest absolute Gasteiger partial charge is 0.135 e. The van der Waals surface area contributed by atoms with Crippen molar-refractivity contribution in [3.05, 3.63) is 47.7 Å². The molecule has 3 rings (SSSR count). The highest BCUT2D eigenvalue weighted by Gasteiger charge is 2.21. The lowest BCUT2D eigenvalue weighted by Gasteiger charge is -2.28. The molecule has 0 unspecified atom stereocenters. The maximum Gasteiger partial charge on any atom is 0.135 e. The highest BCUT2D eigenvalue weighted by molar-refractivity contribution is 5.37. The first-order chi connectivity index (χ1) is 10.7. The van der Waals surface area contributed by atoms with Gasteiger partial charge in [0.15, 0.2) is 0 Å². The minimum atomic E-state index is 0.439. The zero-order valence-electron chi connectivity index (χ0n) is 13.3. The van der Waals surface area contributed by atoms with Crippen LogP contribution in [0.3, 0.4) is 0 Å². The van der Waals surface area contributed by atoms with Gasteiger partial charge in [0, 0.05) is 30.4 Å². The van der Waals surface area contributed by atoms with Crippen LogP contribution >= 0.6 is 0 Å². The molecule has 0 aromatic carbocycles. The normalized spacial score (nSPS) is 19.1. The molecule has 0 amide bonds. The molecule has 116 valence electrons. The van der Waals surface area contributed by atoms with Crippen LogP contribution in [0.5, 0.6) is 0 Å². The van der Waals surface area contributed by atoms with Crippen LogP contribution in [0.25, 0.3) is 0 Å². The molecule has 3 heterocycles. The van der Waals surface area contributed by atoms with Crippen molar-refractivity contribution in [1.29, 1.82) is 0 Å². The van der Waals surface area contributed by atoms with Gasteiger partial charge in [-0.05, 0) is 45.5 Å². The Kier molecular flexibility index (Phi) is 4.63. The molecule has 2 aromatic rings. The van der Waals surface area contributed by atoms with Crippen molar-refractivity contribution in [2.45, 2.75) is 32.2 Å². The van der Waals surface area contributed by atoms with E-state index in [-0.39, 0.29) is 0 Å². The standard InChI is InChI=1S/C17H23N5/c1-13-10-16(19-11-15-7-3-4-8-18-15)21-17(20-13)14-6-5-9-22(2)12-14/h3-4,7-8,10,14H,5-6,9,11-12H2,1-2H3,(H,19,20,21)/t14-/m1/s1. The fourth-order valence-corrected chi connectivity index (χ4v) is 2.93. The second-order valence-corrected chi connectivity index (χ2v) is 6.03. The van der Waals surface area contributed by atoms with E-state index in [2.05, 4.69) is 27.2 Å². The molecule has 1 atom stereocenters. The molecule has 5 nitrogen and oxygen atoms in total. The van der Waals surface area contributed by atoms with Gasteiger partial charge in [0.2, 0.25) is 0 Å². The summed E-state index contributed by atoms with van der Waals surface area (Å²) >= 11 is 0. The van der Waals surface area contributed by atoms with Crippen LogP contribution in [-0.2, 0) is 6.54 Å². The molecular weight excluding hydrogens is 274 g/mol. The monoisotopic (exact) mass is 297 g/mol. The Hall–Kier alpha value is -2.01. The zero-order valence-corrected chi connectivity index (χ0v) is 13.3. The van der Waals surface area contributed by atoms with E-state index < -0.39 is 0 Å². The molecule has 0 spiro atoms. The minimum absolute atomic E-state index is 0.439. The lowest BCUT2D eigenvalue weighted by Crippen LogP contribution is -2.31. The summed E-state index contributed by atoms with van der Waals surface area (Å²) in [4.78, 5) is 16.1. The maximum absolute atomic E-state index is 4.73. The predicted octanol–water partition coefficient (Wildman–Crippen LogP) is 2.60. The molecule has 0 bridgehead atoms. The average molecular weight is 297 g/mol. The van der Waals surface area contributed by atoms with Crippen molar-refractivity contribution >= 4 is 5.82 Å². The third-order valence-corrected chi connectivity index (χ3v) is 4.04. The Labute approximate surface area is 131 Å². The van der Waals surface area contributed by atoms with Gasteiger partial charge in [-0.2, -0.15) is 0 Å². The molecule has 1 aliphatic heterocycles. The summed E-state index contributed by atoms with van der Waals surface area (Å²) < 4.78 is 0.